The predicted octanol–water partition coefficient (Wildman–Crippen LogP) is 3.55. The molecule has 1 amide bonds. The van der Waals surface area contributed by atoms with Gasteiger partial charge in [-0.05, 0) is 29.8 Å². The smallest absolute Gasteiger partial charge is 0.244 e. The molecule has 0 bridgehead atoms. The van der Waals surface area contributed by atoms with E-state index in [1.807, 2.05) is 42.5 Å². The monoisotopic (exact) mass is 311 g/mol. The van der Waals surface area contributed by atoms with Gasteiger partial charge in [0.1, 0.15) is 5.82 Å². The van der Waals surface area contributed by atoms with Crippen molar-refractivity contribution in [2.24, 2.45) is 0 Å². The molecule has 0 aliphatic heterocycles. The summed E-state index contributed by atoms with van der Waals surface area (Å²) in [6.07, 6.45) is 3.15. The molecule has 0 unspecified atom stereocenters. The molecular weight excluding hydrogens is 298 g/mol. The van der Waals surface area contributed by atoms with Gasteiger partial charge in [-0.2, -0.15) is 0 Å². The summed E-state index contributed by atoms with van der Waals surface area (Å²) in [6, 6.07) is 15.1. The Hall–Kier alpha value is -2.59. The largest absolute Gasteiger partial charge is 0.345 e. The van der Waals surface area contributed by atoms with Crippen molar-refractivity contribution in [1.82, 2.24) is 15.3 Å². The summed E-state index contributed by atoms with van der Waals surface area (Å²) in [7, 11) is 0. The normalized spacial score (nSPS) is 11.1. The van der Waals surface area contributed by atoms with Crippen LogP contribution < -0.4 is 5.32 Å². The minimum atomic E-state index is -0.194. The lowest BCUT2D eigenvalue weighted by Gasteiger charge is -1.99. The molecule has 0 radical (unpaired) electrons. The molecule has 110 valence electrons. The van der Waals surface area contributed by atoms with Gasteiger partial charge >= 0.3 is 0 Å². The Labute approximate surface area is 132 Å². The number of nitrogens with one attached hydrogen (secondary N) is 2. The SMILES string of the molecule is O=C(C=Cc1ccccc1Cl)NCc1nc2ccccc2[nH]1. The Morgan fingerprint density at radius 2 is 1.95 bits per heavy atom. The molecule has 0 saturated heterocycles. The van der Waals surface area contributed by atoms with E-state index in [1.165, 1.54) is 6.08 Å². The third kappa shape index (κ3) is 3.35. The van der Waals surface area contributed by atoms with Gasteiger partial charge in [0.15, 0.2) is 0 Å². The van der Waals surface area contributed by atoms with E-state index < -0.39 is 0 Å². The lowest BCUT2D eigenvalue weighted by molar-refractivity contribution is -0.116. The molecule has 2 aromatic carbocycles. The summed E-state index contributed by atoms with van der Waals surface area (Å²) in [6.45, 7) is 0.348. The van der Waals surface area contributed by atoms with Crippen molar-refractivity contribution in [2.45, 2.75) is 6.54 Å². The van der Waals surface area contributed by atoms with Gasteiger partial charge in [0.05, 0.1) is 17.6 Å². The Balaban J connectivity index is 1.61. The number of hydrogen-bond acceptors (Lipinski definition) is 2. The van der Waals surface area contributed by atoms with Gasteiger partial charge in [-0.3, -0.25) is 4.79 Å². The minimum Gasteiger partial charge on any atom is -0.345 e. The molecule has 0 atom stereocenters. The van der Waals surface area contributed by atoms with E-state index in [0.29, 0.717) is 11.6 Å². The number of rotatable bonds is 4. The van der Waals surface area contributed by atoms with Crippen LogP contribution in [-0.2, 0) is 11.3 Å². The topological polar surface area (TPSA) is 57.8 Å². The Bertz CT molecular complexity index is 806. The van der Waals surface area contributed by atoms with Gasteiger partial charge in [0.25, 0.3) is 0 Å². The molecule has 0 saturated carbocycles. The standard InChI is InChI=1S/C17H14ClN3O/c18-13-6-2-1-5-12(13)9-10-17(22)19-11-16-20-14-7-3-4-8-15(14)21-16/h1-10H,11H2,(H,19,22)(H,20,21). The van der Waals surface area contributed by atoms with Crippen LogP contribution >= 0.6 is 11.6 Å². The lowest BCUT2D eigenvalue weighted by atomic mass is 10.2. The number of benzene rings is 2. The third-order valence-electron chi connectivity index (χ3n) is 3.19. The minimum absolute atomic E-state index is 0.194. The van der Waals surface area contributed by atoms with Gasteiger partial charge in [-0.15, -0.1) is 0 Å². The van der Waals surface area contributed by atoms with Crippen LogP contribution in [0.25, 0.3) is 17.1 Å². The molecule has 0 aliphatic rings. The highest BCUT2D eigenvalue weighted by molar-refractivity contribution is 6.32. The van der Waals surface area contributed by atoms with E-state index in [-0.39, 0.29) is 5.91 Å². The summed E-state index contributed by atoms with van der Waals surface area (Å²) < 4.78 is 0. The zero-order valence-corrected chi connectivity index (χ0v) is 12.5. The Morgan fingerprint density at radius 3 is 2.77 bits per heavy atom. The molecule has 22 heavy (non-hydrogen) atoms. The molecule has 1 aromatic heterocycles. The van der Waals surface area contributed by atoms with Crippen molar-refractivity contribution in [3.63, 3.8) is 0 Å². The number of halogens is 1. The predicted molar refractivity (Wildman–Crippen MR) is 88.4 cm³/mol. The summed E-state index contributed by atoms with van der Waals surface area (Å²) in [4.78, 5) is 19.4. The van der Waals surface area contributed by atoms with Crippen molar-refractivity contribution < 1.29 is 4.79 Å². The second-order valence-corrected chi connectivity index (χ2v) is 5.18. The second-order valence-electron chi connectivity index (χ2n) is 4.77. The average Bonchev–Trinajstić information content (AvgIpc) is 2.95. The maximum atomic E-state index is 11.8. The summed E-state index contributed by atoms with van der Waals surface area (Å²) in [5, 5.41) is 3.40. The second kappa shape index (κ2) is 6.45. The number of imidazole rings is 1. The number of nitrogens with zero attached hydrogens (tertiary/aromatic N) is 1. The van der Waals surface area contributed by atoms with Crippen LogP contribution in [0.3, 0.4) is 0 Å². The quantitative estimate of drug-likeness (QED) is 0.724. The molecular formula is C17H14ClN3O. The van der Waals surface area contributed by atoms with Crippen molar-refractivity contribution >= 4 is 34.6 Å². The van der Waals surface area contributed by atoms with Gasteiger partial charge < -0.3 is 10.3 Å². The van der Waals surface area contributed by atoms with Gasteiger partial charge in [-0.25, -0.2) is 4.98 Å². The summed E-state index contributed by atoms with van der Waals surface area (Å²) >= 11 is 6.03. The van der Waals surface area contributed by atoms with Crippen LogP contribution in [0.5, 0.6) is 0 Å². The fourth-order valence-corrected chi connectivity index (χ4v) is 2.29. The highest BCUT2D eigenvalue weighted by Gasteiger charge is 2.03. The van der Waals surface area contributed by atoms with E-state index in [0.717, 1.165) is 22.4 Å². The Morgan fingerprint density at radius 1 is 1.18 bits per heavy atom. The van der Waals surface area contributed by atoms with Crippen LogP contribution in [0, 0.1) is 0 Å². The first-order valence-corrected chi connectivity index (χ1v) is 7.24. The highest BCUT2D eigenvalue weighted by Crippen LogP contribution is 2.16. The number of carbonyl (C=O) groups is 1. The first-order chi connectivity index (χ1) is 10.7. The third-order valence-corrected chi connectivity index (χ3v) is 3.53. The molecule has 5 heteroatoms. The zero-order chi connectivity index (χ0) is 15.4. The molecule has 1 heterocycles. The first-order valence-electron chi connectivity index (χ1n) is 6.86. The molecule has 3 rings (SSSR count). The maximum Gasteiger partial charge on any atom is 0.244 e. The highest BCUT2D eigenvalue weighted by atomic mass is 35.5. The Kier molecular flexibility index (Phi) is 4.21. The van der Waals surface area contributed by atoms with Crippen LogP contribution in [-0.4, -0.2) is 15.9 Å². The fourth-order valence-electron chi connectivity index (χ4n) is 2.09. The number of para-hydroxylation sites is 2. The summed E-state index contributed by atoms with van der Waals surface area (Å²) in [5.41, 5.74) is 2.65. The first kappa shape index (κ1) is 14.4. The zero-order valence-electron chi connectivity index (χ0n) is 11.7. The van der Waals surface area contributed by atoms with E-state index in [2.05, 4.69) is 15.3 Å². The molecule has 0 aliphatic carbocycles. The van der Waals surface area contributed by atoms with Crippen molar-refractivity contribution in [3.05, 3.63) is 71.0 Å². The van der Waals surface area contributed by atoms with Gasteiger partial charge in [-0.1, -0.05) is 41.9 Å². The molecule has 2 N–H and O–H groups in total. The van der Waals surface area contributed by atoms with Crippen molar-refractivity contribution in [3.8, 4) is 0 Å². The van der Waals surface area contributed by atoms with Crippen molar-refractivity contribution in [1.29, 1.82) is 0 Å². The molecule has 3 aromatic rings. The van der Waals surface area contributed by atoms with Crippen LogP contribution in [0.15, 0.2) is 54.6 Å². The number of hydrogen-bond donors (Lipinski definition) is 2. The van der Waals surface area contributed by atoms with Crippen LogP contribution in [0.1, 0.15) is 11.4 Å². The molecule has 0 fully saturated rings. The number of amides is 1. The van der Waals surface area contributed by atoms with Gasteiger partial charge in [0.2, 0.25) is 5.91 Å². The lowest BCUT2D eigenvalue weighted by Crippen LogP contribution is -2.20. The van der Waals surface area contributed by atoms with Crippen molar-refractivity contribution in [2.75, 3.05) is 0 Å². The van der Waals surface area contributed by atoms with E-state index in [4.69, 9.17) is 11.6 Å². The number of fused-ring (bicyclic) bond motifs is 1. The van der Waals surface area contributed by atoms with Crippen LogP contribution in [0.2, 0.25) is 5.02 Å². The van der Waals surface area contributed by atoms with E-state index >= 15 is 0 Å². The van der Waals surface area contributed by atoms with Crippen LogP contribution in [0.4, 0.5) is 0 Å². The molecule has 4 nitrogen and oxygen atoms in total. The number of aromatic amines is 1. The number of carbonyl (C=O) groups excluding carboxylic acids is 1. The van der Waals surface area contributed by atoms with E-state index in [9.17, 15) is 4.79 Å². The van der Waals surface area contributed by atoms with Gasteiger partial charge in [0, 0.05) is 11.1 Å². The average molecular weight is 312 g/mol. The van der Waals surface area contributed by atoms with E-state index in [1.54, 1.807) is 12.1 Å². The number of H-pyrrole nitrogens is 1. The fraction of sp³-hybridized carbons (Fsp3) is 0.0588. The maximum absolute atomic E-state index is 11.8. The molecule has 0 spiro atoms. The summed E-state index contributed by atoms with van der Waals surface area (Å²) in [5.74, 6) is 0.529. The number of aromatic nitrogens is 2.